The van der Waals surface area contributed by atoms with Crippen molar-refractivity contribution >= 4 is 17.6 Å². The molecule has 1 unspecified atom stereocenters. The van der Waals surface area contributed by atoms with E-state index in [9.17, 15) is 9.59 Å². The number of anilines is 1. The number of ether oxygens (including phenoxy) is 2. The number of esters is 1. The molecule has 1 N–H and O–H groups in total. The molecule has 0 spiro atoms. The smallest absolute Gasteiger partial charge is 0.308 e. The zero-order valence-electron chi connectivity index (χ0n) is 9.80. The summed E-state index contributed by atoms with van der Waals surface area (Å²) in [5, 5.41) is 2.65. The van der Waals surface area contributed by atoms with Crippen LogP contribution in [0.25, 0.3) is 0 Å². The number of para-hydroxylation sites is 1. The lowest BCUT2D eigenvalue weighted by Crippen LogP contribution is -2.32. The van der Waals surface area contributed by atoms with Crippen molar-refractivity contribution in [1.82, 2.24) is 0 Å². The number of amides is 1. The molecule has 0 heterocycles. The van der Waals surface area contributed by atoms with Gasteiger partial charge in [0, 0.05) is 12.8 Å². The Morgan fingerprint density at radius 3 is 2.41 bits per heavy atom. The second-order valence-electron chi connectivity index (χ2n) is 3.36. The Balaban J connectivity index is 2.58. The van der Waals surface area contributed by atoms with Crippen molar-refractivity contribution in [1.29, 1.82) is 0 Å². The minimum Gasteiger partial charge on any atom is -0.469 e. The lowest BCUT2D eigenvalue weighted by molar-refractivity contribution is -0.146. The molecule has 0 fully saturated rings. The Bertz CT molecular complexity index is 377. The molecule has 1 aromatic carbocycles. The third kappa shape index (κ3) is 4.24. The molecular formula is C12H15NO4. The number of carbonyl (C=O) groups excluding carboxylic acids is 2. The maximum absolute atomic E-state index is 11.8. The number of rotatable bonds is 5. The second kappa shape index (κ2) is 6.65. The van der Waals surface area contributed by atoms with Gasteiger partial charge in [0.05, 0.1) is 13.5 Å². The van der Waals surface area contributed by atoms with Crippen LogP contribution >= 0.6 is 0 Å². The van der Waals surface area contributed by atoms with Gasteiger partial charge in [0.25, 0.3) is 5.91 Å². The van der Waals surface area contributed by atoms with Crippen LogP contribution in [-0.2, 0) is 19.1 Å². The second-order valence-corrected chi connectivity index (χ2v) is 3.36. The van der Waals surface area contributed by atoms with Gasteiger partial charge in [-0.1, -0.05) is 18.2 Å². The molecule has 0 aliphatic carbocycles. The molecule has 0 radical (unpaired) electrons. The molecule has 1 rings (SSSR count). The Morgan fingerprint density at radius 1 is 1.24 bits per heavy atom. The van der Waals surface area contributed by atoms with Gasteiger partial charge in [0.1, 0.15) is 6.10 Å². The average Bonchev–Trinajstić information content (AvgIpc) is 2.36. The van der Waals surface area contributed by atoms with Crippen LogP contribution in [0.2, 0.25) is 0 Å². The Kier molecular flexibility index (Phi) is 5.16. The molecule has 1 amide bonds. The molecule has 1 aromatic rings. The predicted octanol–water partition coefficient (Wildman–Crippen LogP) is 1.20. The number of carbonyl (C=O) groups is 2. The minimum absolute atomic E-state index is 0.105. The monoisotopic (exact) mass is 237 g/mol. The van der Waals surface area contributed by atoms with E-state index in [0.29, 0.717) is 5.69 Å². The first kappa shape index (κ1) is 13.2. The molecule has 0 aliphatic rings. The van der Waals surface area contributed by atoms with Gasteiger partial charge >= 0.3 is 5.97 Å². The van der Waals surface area contributed by atoms with Gasteiger partial charge in [-0.15, -0.1) is 0 Å². The van der Waals surface area contributed by atoms with Crippen molar-refractivity contribution < 1.29 is 19.1 Å². The molecule has 0 aliphatic heterocycles. The summed E-state index contributed by atoms with van der Waals surface area (Å²) < 4.78 is 9.43. The van der Waals surface area contributed by atoms with Gasteiger partial charge < -0.3 is 14.8 Å². The third-order valence-corrected chi connectivity index (χ3v) is 2.20. The zero-order chi connectivity index (χ0) is 12.7. The predicted molar refractivity (Wildman–Crippen MR) is 62.5 cm³/mol. The highest BCUT2D eigenvalue weighted by Crippen LogP contribution is 2.08. The quantitative estimate of drug-likeness (QED) is 0.781. The fourth-order valence-electron chi connectivity index (χ4n) is 1.26. The Hall–Kier alpha value is -1.88. The van der Waals surface area contributed by atoms with E-state index in [1.807, 2.05) is 6.07 Å². The maximum Gasteiger partial charge on any atom is 0.308 e. The summed E-state index contributed by atoms with van der Waals surface area (Å²) in [6.45, 7) is 0. The molecular weight excluding hydrogens is 222 g/mol. The van der Waals surface area contributed by atoms with E-state index < -0.39 is 12.1 Å². The van der Waals surface area contributed by atoms with Crippen LogP contribution in [0.15, 0.2) is 30.3 Å². The molecule has 5 nitrogen and oxygen atoms in total. The minimum atomic E-state index is -0.845. The SMILES string of the molecule is COC(=O)CC(OC)C(=O)Nc1ccccc1. The molecule has 92 valence electrons. The topological polar surface area (TPSA) is 64.6 Å². The van der Waals surface area contributed by atoms with Gasteiger partial charge in [0.2, 0.25) is 0 Å². The van der Waals surface area contributed by atoms with Crippen LogP contribution in [0.4, 0.5) is 5.69 Å². The summed E-state index contributed by atoms with van der Waals surface area (Å²) in [5.41, 5.74) is 0.657. The molecule has 0 aromatic heterocycles. The van der Waals surface area contributed by atoms with Crippen LogP contribution in [0.1, 0.15) is 6.42 Å². The van der Waals surface area contributed by atoms with E-state index in [4.69, 9.17) is 4.74 Å². The number of nitrogens with one attached hydrogen (secondary N) is 1. The first-order valence-corrected chi connectivity index (χ1v) is 5.13. The number of benzene rings is 1. The first-order valence-electron chi connectivity index (χ1n) is 5.13. The Labute approximate surface area is 99.7 Å². The van der Waals surface area contributed by atoms with Gasteiger partial charge in [-0.3, -0.25) is 9.59 Å². The van der Waals surface area contributed by atoms with E-state index in [2.05, 4.69) is 10.1 Å². The fraction of sp³-hybridized carbons (Fsp3) is 0.333. The maximum atomic E-state index is 11.8. The van der Waals surface area contributed by atoms with Gasteiger partial charge in [-0.2, -0.15) is 0 Å². The van der Waals surface area contributed by atoms with Crippen molar-refractivity contribution in [2.24, 2.45) is 0 Å². The fourth-order valence-corrected chi connectivity index (χ4v) is 1.26. The summed E-state index contributed by atoms with van der Waals surface area (Å²) in [6, 6.07) is 8.96. The molecule has 17 heavy (non-hydrogen) atoms. The van der Waals surface area contributed by atoms with Crippen LogP contribution in [-0.4, -0.2) is 32.2 Å². The molecule has 0 saturated carbocycles. The van der Waals surface area contributed by atoms with E-state index in [1.54, 1.807) is 24.3 Å². The van der Waals surface area contributed by atoms with Crippen LogP contribution in [0.3, 0.4) is 0 Å². The lowest BCUT2D eigenvalue weighted by Gasteiger charge is -2.13. The van der Waals surface area contributed by atoms with E-state index in [1.165, 1.54) is 14.2 Å². The van der Waals surface area contributed by atoms with Crippen molar-refractivity contribution in [3.63, 3.8) is 0 Å². The normalized spacial score (nSPS) is 11.6. The van der Waals surface area contributed by atoms with Crippen LogP contribution in [0, 0.1) is 0 Å². The van der Waals surface area contributed by atoms with Crippen LogP contribution in [0.5, 0.6) is 0 Å². The summed E-state index contributed by atoms with van der Waals surface area (Å²) in [7, 11) is 2.64. The highest BCUT2D eigenvalue weighted by atomic mass is 16.5. The number of hydrogen-bond acceptors (Lipinski definition) is 4. The van der Waals surface area contributed by atoms with Crippen LogP contribution < -0.4 is 5.32 Å². The summed E-state index contributed by atoms with van der Waals surface area (Å²) in [6.07, 6.45) is -0.950. The summed E-state index contributed by atoms with van der Waals surface area (Å²) in [5.74, 6) is -0.857. The first-order chi connectivity index (χ1) is 8.17. The third-order valence-electron chi connectivity index (χ3n) is 2.20. The van der Waals surface area contributed by atoms with Crippen molar-refractivity contribution in [2.45, 2.75) is 12.5 Å². The Morgan fingerprint density at radius 2 is 1.88 bits per heavy atom. The van der Waals surface area contributed by atoms with Crippen molar-refractivity contribution in [2.75, 3.05) is 19.5 Å². The highest BCUT2D eigenvalue weighted by molar-refractivity contribution is 5.96. The molecule has 5 heteroatoms. The standard InChI is InChI=1S/C12H15NO4/c1-16-10(8-11(14)17-2)12(15)13-9-6-4-3-5-7-9/h3-7,10H,8H2,1-2H3,(H,13,15). The molecule has 1 atom stereocenters. The average molecular weight is 237 g/mol. The van der Waals surface area contributed by atoms with Gasteiger partial charge in [-0.05, 0) is 12.1 Å². The molecule has 0 bridgehead atoms. The van der Waals surface area contributed by atoms with Crippen molar-refractivity contribution in [3.05, 3.63) is 30.3 Å². The van der Waals surface area contributed by atoms with Gasteiger partial charge in [0.15, 0.2) is 0 Å². The zero-order valence-corrected chi connectivity index (χ0v) is 9.80. The lowest BCUT2D eigenvalue weighted by atomic mass is 10.2. The van der Waals surface area contributed by atoms with E-state index >= 15 is 0 Å². The number of methoxy groups -OCH3 is 2. The summed E-state index contributed by atoms with van der Waals surface area (Å²) >= 11 is 0. The number of hydrogen-bond donors (Lipinski definition) is 1. The van der Waals surface area contributed by atoms with Crippen molar-refractivity contribution in [3.8, 4) is 0 Å². The molecule has 0 saturated heterocycles. The highest BCUT2D eigenvalue weighted by Gasteiger charge is 2.21. The largest absolute Gasteiger partial charge is 0.469 e. The van der Waals surface area contributed by atoms with E-state index in [-0.39, 0.29) is 12.3 Å². The van der Waals surface area contributed by atoms with Gasteiger partial charge in [-0.25, -0.2) is 0 Å². The van der Waals surface area contributed by atoms with E-state index in [0.717, 1.165) is 0 Å². The summed E-state index contributed by atoms with van der Waals surface area (Å²) in [4.78, 5) is 22.8.